The Morgan fingerprint density at radius 2 is 0.711 bits per heavy atom. The molecule has 36 rings (SSSR count). The number of para-hydroxylation sites is 1. The summed E-state index contributed by atoms with van der Waals surface area (Å²) in [5, 5.41) is 106. The summed E-state index contributed by atoms with van der Waals surface area (Å²) >= 11 is 0. The summed E-state index contributed by atoms with van der Waals surface area (Å²) in [5.74, 6) is -0.154. The maximum absolute atomic E-state index is 12.8. The Morgan fingerprint density at radius 3 is 1.16 bits per heavy atom. The van der Waals surface area contributed by atoms with E-state index < -0.39 is 11.0 Å². The van der Waals surface area contributed by atoms with Crippen molar-refractivity contribution in [2.24, 2.45) is 5.10 Å². The molecule has 2 heterocycles. The van der Waals surface area contributed by atoms with Crippen molar-refractivity contribution < 1.29 is 4.92 Å². The Kier molecular flexibility index (Phi) is 3.05. The number of hydrogen-bond acceptors (Lipinski definition) is 5. The zero-order chi connectivity index (χ0) is 50.3. The largest absolute Gasteiger partial charge is 0.269 e. The van der Waals surface area contributed by atoms with Gasteiger partial charge in [-0.3, -0.25) is 15.1 Å². The number of aromatic nitrogens is 2. The van der Waals surface area contributed by atoms with Crippen molar-refractivity contribution in [1.82, 2.24) is 9.78 Å². The molecule has 28 aromatic carbocycles. The van der Waals surface area contributed by atoms with Crippen LogP contribution in [0.2, 0.25) is 0 Å². The maximum Gasteiger partial charge on any atom is 0.269 e. The average Bonchev–Trinajstić information content (AvgIpc) is 1.38. The van der Waals surface area contributed by atoms with Gasteiger partial charge in [-0.2, -0.15) is 10.2 Å². The van der Waals surface area contributed by atoms with Gasteiger partial charge in [-0.15, -0.1) is 0 Å². The number of hydrogen-bond donors (Lipinski definition) is 0. The Labute approximate surface area is 453 Å². The predicted octanol–water partition coefficient (Wildman–Crippen LogP) is 18.8. The van der Waals surface area contributed by atoms with Gasteiger partial charge in [0.05, 0.1) is 33.6 Å². The fraction of sp³-hybridized carbons (Fsp3) is 0.0526. The highest BCUT2D eigenvalue weighted by Gasteiger charge is 2.82. The highest BCUT2D eigenvalue weighted by Crippen LogP contribution is 2.89. The first-order valence-corrected chi connectivity index (χ1v) is 29.9. The second kappa shape index (κ2) is 7.80. The van der Waals surface area contributed by atoms with Gasteiger partial charge in [0.25, 0.3) is 5.69 Å². The first-order chi connectivity index (χ1) is 41.2. The molecule has 2 spiro atoms. The molecule has 0 saturated heterocycles. The monoisotopic (exact) mass is 1030 g/mol. The van der Waals surface area contributed by atoms with Gasteiger partial charge in [-0.05, 0) is 327 Å². The van der Waals surface area contributed by atoms with Crippen LogP contribution in [0.1, 0.15) is 50.8 Å². The lowest BCUT2D eigenvalue weighted by atomic mass is 9.44. The number of hydrazone groups is 1. The smallest absolute Gasteiger partial charge is 0.258 e. The van der Waals surface area contributed by atoms with E-state index in [1.165, 1.54) is 48.8 Å². The molecule has 83 heavy (non-hydrogen) atoms. The minimum Gasteiger partial charge on any atom is -0.258 e. The van der Waals surface area contributed by atoms with Gasteiger partial charge in [-0.25, -0.2) is 4.68 Å². The van der Waals surface area contributed by atoms with Crippen LogP contribution in [0.25, 0.3) is 275 Å². The topological polar surface area (TPSA) is 76.6 Å². The summed E-state index contributed by atoms with van der Waals surface area (Å²) < 4.78 is 2.09. The minimum atomic E-state index is -0.811. The van der Waals surface area contributed by atoms with Gasteiger partial charge in [0.2, 0.25) is 0 Å². The molecule has 0 amide bonds. The minimum absolute atomic E-state index is 0.0625. The fourth-order valence-corrected chi connectivity index (χ4v) is 27.4. The SMILES string of the molecule is O=[N+]([O-])c1ccc(N2N=C(c3cnn(-c4ccccc4)c3)C34c5c6c7c8c9c%10c(c%11c%12c%13c%14c%15c%16c(c%17c5c5c%18c6c6c8c8c9c9c(c%10%12)c%10c%13c%12c%14c%13c%16c%14c%17c5c5c%16c%18c6c6c8c8c9c%10c9c%12c%10c%13c%14c5c5c%16c6c8c9c%105)C23C%11%15)C74)cc1. The molecule has 4 unspecified atom stereocenters. The third-order valence-corrected chi connectivity index (χ3v) is 27.9. The van der Waals surface area contributed by atoms with Crippen LogP contribution >= 0.6 is 0 Å². The zero-order valence-corrected chi connectivity index (χ0v) is 42.1. The summed E-state index contributed by atoms with van der Waals surface area (Å²) in [5.41, 5.74) is 12.0. The lowest BCUT2D eigenvalue weighted by Crippen LogP contribution is -2.64. The lowest BCUT2D eigenvalue weighted by molar-refractivity contribution is -0.384. The molecule has 7 nitrogen and oxygen atoms in total. The van der Waals surface area contributed by atoms with Crippen LogP contribution in [0, 0.1) is 10.1 Å². The molecule has 0 saturated carbocycles. The van der Waals surface area contributed by atoms with Gasteiger partial charge in [-0.1, -0.05) is 18.2 Å². The molecule has 4 atom stereocenters. The number of anilines is 1. The van der Waals surface area contributed by atoms with E-state index in [1.807, 2.05) is 0 Å². The van der Waals surface area contributed by atoms with Crippen molar-refractivity contribution in [3.63, 3.8) is 0 Å². The van der Waals surface area contributed by atoms with Crippen molar-refractivity contribution in [2.45, 2.75) is 22.8 Å². The van der Waals surface area contributed by atoms with Crippen LogP contribution < -0.4 is 5.01 Å². The number of nitro benzene ring substituents is 1. The van der Waals surface area contributed by atoms with E-state index in [0.29, 0.717) is 0 Å². The van der Waals surface area contributed by atoms with Gasteiger partial charge < -0.3 is 0 Å². The van der Waals surface area contributed by atoms with Crippen LogP contribution in [0.4, 0.5) is 11.4 Å². The molecule has 0 bridgehead atoms. The molecule has 0 N–H and O–H groups in total. The number of nitrogens with zero attached hydrogens (tertiary/aromatic N) is 5. The number of non-ortho nitro benzene ring substituents is 1. The number of nitro groups is 1. The van der Waals surface area contributed by atoms with Crippen molar-refractivity contribution in [1.29, 1.82) is 0 Å². The maximum atomic E-state index is 12.8. The Balaban J connectivity index is 0.998. The standard InChI is InChI=1S/C76H13N5O2/c82-81(83)15-8-6-14(7-9-15)80-76-72-66-60-50-38-30-22-18-16-17-20-24(22)32(38)42-36-28(20)29-21(17)25-23-19(16)27-26(18)34-40(30)48-54-44(34)45-35(27)41-31(23)39-33(25)43-37(29)47-46(36)58(52(42)60)68(72)69-59(47)53(43)61-51(39)57-49(41)55(45)63-62(54)70(64(66)56(48)50)75(76,71(63)65(57)67(61)73(69)76)74(78-80)12-10-77-79(11-12)13-4-2-1-3-5-13/h1-11,70,72H. The third-order valence-electron chi connectivity index (χ3n) is 27.9. The Bertz CT molecular complexity index is 8390. The van der Waals surface area contributed by atoms with E-state index in [-0.39, 0.29) is 22.4 Å². The molecule has 29 aromatic rings. The molecule has 1 aromatic heterocycles. The third kappa shape index (κ3) is 1.92. The second-order valence-electron chi connectivity index (χ2n) is 28.6. The summed E-state index contributed by atoms with van der Waals surface area (Å²) in [6.07, 6.45) is 4.46. The molecule has 6 aliphatic carbocycles. The summed E-state index contributed by atoms with van der Waals surface area (Å²) in [7, 11) is 0. The lowest BCUT2D eigenvalue weighted by Gasteiger charge is -2.58. The molecule has 0 fully saturated rings. The van der Waals surface area contributed by atoms with E-state index in [9.17, 15) is 10.1 Å². The highest BCUT2D eigenvalue weighted by molar-refractivity contribution is 6.81. The van der Waals surface area contributed by atoms with Crippen LogP contribution in [0.5, 0.6) is 0 Å². The van der Waals surface area contributed by atoms with Crippen molar-refractivity contribution in [3.05, 3.63) is 116 Å². The van der Waals surface area contributed by atoms with E-state index in [0.717, 1.165) is 22.6 Å². The first-order valence-electron chi connectivity index (χ1n) is 29.9. The van der Waals surface area contributed by atoms with Gasteiger partial charge in [0.15, 0.2) is 0 Å². The summed E-state index contributed by atoms with van der Waals surface area (Å²) in [4.78, 5) is 12.6. The normalized spacial score (nSPS) is 22.9. The summed E-state index contributed by atoms with van der Waals surface area (Å²) in [6, 6.07) is 18.3. The molecule has 354 valence electrons. The predicted molar refractivity (Wildman–Crippen MR) is 336 cm³/mol. The van der Waals surface area contributed by atoms with E-state index in [1.54, 1.807) is 266 Å². The van der Waals surface area contributed by atoms with Crippen molar-refractivity contribution >= 4 is 286 Å². The molecular weight excluding hydrogens is 1010 g/mol. The zero-order valence-electron chi connectivity index (χ0n) is 42.1. The van der Waals surface area contributed by atoms with Crippen LogP contribution in [-0.4, -0.2) is 20.4 Å². The molecule has 1 aliphatic heterocycles. The number of benzene rings is 18. The van der Waals surface area contributed by atoms with E-state index >= 15 is 0 Å². The molecule has 7 heteroatoms. The molecular formula is C76H13N5O2. The quantitative estimate of drug-likeness (QED) is 0.1000. The van der Waals surface area contributed by atoms with Gasteiger partial charge in [0.1, 0.15) is 5.54 Å². The van der Waals surface area contributed by atoms with Crippen LogP contribution in [-0.2, 0) is 11.0 Å². The Morgan fingerprint density at radius 1 is 0.361 bits per heavy atom. The summed E-state index contributed by atoms with van der Waals surface area (Å²) in [6.45, 7) is 0. The first kappa shape index (κ1) is 32.5. The highest BCUT2D eigenvalue weighted by atomic mass is 16.6. The van der Waals surface area contributed by atoms with Gasteiger partial charge in [0, 0.05) is 35.7 Å². The van der Waals surface area contributed by atoms with Crippen LogP contribution in [0.15, 0.2) is 72.1 Å². The second-order valence-corrected chi connectivity index (χ2v) is 28.6. The van der Waals surface area contributed by atoms with Gasteiger partial charge >= 0.3 is 0 Å². The van der Waals surface area contributed by atoms with E-state index in [4.69, 9.17) is 10.2 Å². The van der Waals surface area contributed by atoms with Crippen molar-refractivity contribution in [3.8, 4) is 5.69 Å². The van der Waals surface area contributed by atoms with E-state index in [2.05, 4.69) is 64.5 Å². The average molecular weight is 1030 g/mol. The molecule has 7 aliphatic rings. The van der Waals surface area contributed by atoms with Crippen LogP contribution in [0.3, 0.4) is 0 Å². The number of rotatable bonds is 4. The van der Waals surface area contributed by atoms with Crippen molar-refractivity contribution in [2.75, 3.05) is 5.01 Å². The molecule has 0 radical (unpaired) electrons. The fourth-order valence-electron chi connectivity index (χ4n) is 27.4. The Hall–Kier alpha value is -10.8.